The molecular formula is C17H19ClFNO. The molecule has 2 nitrogen and oxygen atoms in total. The Kier molecular flexibility index (Phi) is 5.21. The van der Waals surface area contributed by atoms with Crippen LogP contribution >= 0.6 is 11.6 Å². The Morgan fingerprint density at radius 1 is 1.29 bits per heavy atom. The molecule has 1 atom stereocenters. The van der Waals surface area contributed by atoms with E-state index in [1.807, 2.05) is 25.1 Å². The summed E-state index contributed by atoms with van der Waals surface area (Å²) in [4.78, 5) is 0. The molecule has 0 spiro atoms. The van der Waals surface area contributed by atoms with Crippen LogP contribution in [0.5, 0.6) is 11.5 Å². The summed E-state index contributed by atoms with van der Waals surface area (Å²) < 4.78 is 19.4. The highest BCUT2D eigenvalue weighted by Crippen LogP contribution is 2.32. The zero-order chi connectivity index (χ0) is 15.4. The van der Waals surface area contributed by atoms with E-state index in [0.717, 1.165) is 12.0 Å². The van der Waals surface area contributed by atoms with Crippen LogP contribution in [0.4, 0.5) is 4.39 Å². The first-order chi connectivity index (χ1) is 10.0. The van der Waals surface area contributed by atoms with Crippen molar-refractivity contribution < 1.29 is 9.13 Å². The quantitative estimate of drug-likeness (QED) is 0.856. The number of benzene rings is 2. The molecule has 0 bridgehead atoms. The van der Waals surface area contributed by atoms with Gasteiger partial charge in [0.1, 0.15) is 17.3 Å². The van der Waals surface area contributed by atoms with Crippen molar-refractivity contribution in [2.24, 2.45) is 5.73 Å². The summed E-state index contributed by atoms with van der Waals surface area (Å²) in [6, 6.07) is 10.3. The predicted molar refractivity (Wildman–Crippen MR) is 84.6 cm³/mol. The second-order valence-electron chi connectivity index (χ2n) is 5.10. The minimum absolute atomic E-state index is 0.0157. The number of nitrogens with two attached hydrogens (primary N) is 1. The van der Waals surface area contributed by atoms with E-state index < -0.39 is 0 Å². The maximum Gasteiger partial charge on any atom is 0.132 e. The molecule has 0 fully saturated rings. The maximum atomic E-state index is 13.6. The SMILES string of the molecule is CCC(N)Cc1c(Cl)cccc1Oc1ccc(C)c(F)c1. The Balaban J connectivity index is 2.30. The number of rotatable bonds is 5. The van der Waals surface area contributed by atoms with Crippen LogP contribution in [0.15, 0.2) is 36.4 Å². The van der Waals surface area contributed by atoms with Crippen molar-refractivity contribution in [3.05, 3.63) is 58.4 Å². The average Bonchev–Trinajstić information content (AvgIpc) is 2.46. The number of hydrogen-bond acceptors (Lipinski definition) is 2. The van der Waals surface area contributed by atoms with Gasteiger partial charge in [0.25, 0.3) is 0 Å². The molecule has 0 amide bonds. The van der Waals surface area contributed by atoms with Gasteiger partial charge in [0.2, 0.25) is 0 Å². The highest BCUT2D eigenvalue weighted by molar-refractivity contribution is 6.31. The molecule has 0 aromatic heterocycles. The van der Waals surface area contributed by atoms with Crippen LogP contribution < -0.4 is 10.5 Å². The Morgan fingerprint density at radius 2 is 2.05 bits per heavy atom. The minimum atomic E-state index is -0.290. The molecule has 0 aliphatic carbocycles. The van der Waals surface area contributed by atoms with Gasteiger partial charge in [-0.1, -0.05) is 30.7 Å². The molecule has 21 heavy (non-hydrogen) atoms. The fourth-order valence-corrected chi connectivity index (χ4v) is 2.25. The molecule has 4 heteroatoms. The summed E-state index contributed by atoms with van der Waals surface area (Å²) in [6.07, 6.45) is 1.48. The maximum absolute atomic E-state index is 13.6. The van der Waals surface area contributed by atoms with Crippen molar-refractivity contribution in [1.82, 2.24) is 0 Å². The first kappa shape index (κ1) is 15.8. The van der Waals surface area contributed by atoms with Crippen molar-refractivity contribution in [3.63, 3.8) is 0 Å². The molecule has 0 heterocycles. The molecule has 0 saturated carbocycles. The smallest absolute Gasteiger partial charge is 0.132 e. The average molecular weight is 308 g/mol. The highest BCUT2D eigenvalue weighted by Gasteiger charge is 2.13. The van der Waals surface area contributed by atoms with Gasteiger partial charge >= 0.3 is 0 Å². The van der Waals surface area contributed by atoms with E-state index in [2.05, 4.69) is 0 Å². The van der Waals surface area contributed by atoms with E-state index in [1.54, 1.807) is 19.1 Å². The Morgan fingerprint density at radius 3 is 2.71 bits per heavy atom. The minimum Gasteiger partial charge on any atom is -0.457 e. The lowest BCUT2D eigenvalue weighted by Crippen LogP contribution is -2.21. The molecule has 2 aromatic rings. The number of ether oxygens (including phenoxy) is 1. The number of hydrogen-bond donors (Lipinski definition) is 1. The van der Waals surface area contributed by atoms with Gasteiger partial charge in [-0.25, -0.2) is 4.39 Å². The molecule has 0 aliphatic heterocycles. The van der Waals surface area contributed by atoms with E-state index >= 15 is 0 Å². The summed E-state index contributed by atoms with van der Waals surface area (Å²) in [5.74, 6) is 0.780. The third-order valence-corrected chi connectivity index (χ3v) is 3.79. The molecule has 0 aliphatic rings. The summed E-state index contributed by atoms with van der Waals surface area (Å²) >= 11 is 6.24. The molecule has 0 radical (unpaired) electrons. The number of aryl methyl sites for hydroxylation is 1. The highest BCUT2D eigenvalue weighted by atomic mass is 35.5. The monoisotopic (exact) mass is 307 g/mol. The summed E-state index contributed by atoms with van der Waals surface area (Å²) in [5.41, 5.74) is 7.45. The van der Waals surface area contributed by atoms with Crippen LogP contribution in [0, 0.1) is 12.7 Å². The molecule has 1 unspecified atom stereocenters. The Bertz CT molecular complexity index is 630. The van der Waals surface area contributed by atoms with Gasteiger partial charge < -0.3 is 10.5 Å². The molecule has 2 N–H and O–H groups in total. The molecule has 2 aromatic carbocycles. The Hall–Kier alpha value is -1.58. The predicted octanol–water partition coefficient (Wildman–Crippen LogP) is 4.86. The van der Waals surface area contributed by atoms with Gasteiger partial charge in [0, 0.05) is 22.7 Å². The van der Waals surface area contributed by atoms with Crippen LogP contribution in [0.2, 0.25) is 5.02 Å². The van der Waals surface area contributed by atoms with Gasteiger partial charge in [0.05, 0.1) is 0 Å². The number of halogens is 2. The van der Waals surface area contributed by atoms with Gasteiger partial charge in [0.15, 0.2) is 0 Å². The van der Waals surface area contributed by atoms with Crippen LogP contribution in [0.3, 0.4) is 0 Å². The largest absolute Gasteiger partial charge is 0.457 e. The molecule has 112 valence electrons. The van der Waals surface area contributed by atoms with Crippen molar-refractivity contribution in [1.29, 1.82) is 0 Å². The lowest BCUT2D eigenvalue weighted by Gasteiger charge is -2.16. The van der Waals surface area contributed by atoms with E-state index in [-0.39, 0.29) is 11.9 Å². The van der Waals surface area contributed by atoms with Crippen molar-refractivity contribution in [2.45, 2.75) is 32.7 Å². The normalized spacial score (nSPS) is 12.2. The lowest BCUT2D eigenvalue weighted by molar-refractivity contribution is 0.466. The van der Waals surface area contributed by atoms with Crippen LogP contribution in [-0.2, 0) is 6.42 Å². The van der Waals surface area contributed by atoms with Crippen molar-refractivity contribution in [3.8, 4) is 11.5 Å². The van der Waals surface area contributed by atoms with E-state index in [1.165, 1.54) is 6.07 Å². The van der Waals surface area contributed by atoms with Gasteiger partial charge in [-0.05, 0) is 43.5 Å². The first-order valence-corrected chi connectivity index (χ1v) is 7.36. The zero-order valence-corrected chi connectivity index (χ0v) is 13.0. The molecular weight excluding hydrogens is 289 g/mol. The first-order valence-electron chi connectivity index (χ1n) is 6.98. The topological polar surface area (TPSA) is 35.2 Å². The van der Waals surface area contributed by atoms with E-state index in [4.69, 9.17) is 22.1 Å². The summed E-state index contributed by atoms with van der Waals surface area (Å²) in [7, 11) is 0. The van der Waals surface area contributed by atoms with Crippen LogP contribution in [-0.4, -0.2) is 6.04 Å². The second-order valence-corrected chi connectivity index (χ2v) is 5.51. The Labute approximate surface area is 129 Å². The molecule has 0 saturated heterocycles. The standard InChI is InChI=1S/C17H19ClFNO/c1-3-12(20)9-14-15(18)5-4-6-17(14)21-13-8-7-11(2)16(19)10-13/h4-8,10,12H,3,9,20H2,1-2H3. The summed E-state index contributed by atoms with van der Waals surface area (Å²) in [5, 5.41) is 0.615. The lowest BCUT2D eigenvalue weighted by atomic mass is 10.0. The third kappa shape index (κ3) is 3.96. The fourth-order valence-electron chi connectivity index (χ4n) is 2.00. The van der Waals surface area contributed by atoms with Gasteiger partial charge in [-0.15, -0.1) is 0 Å². The van der Waals surface area contributed by atoms with E-state index in [0.29, 0.717) is 28.5 Å². The zero-order valence-electron chi connectivity index (χ0n) is 12.2. The fraction of sp³-hybridized carbons (Fsp3) is 0.294. The summed E-state index contributed by atoms with van der Waals surface area (Å²) in [6.45, 7) is 3.74. The van der Waals surface area contributed by atoms with Gasteiger partial charge in [-0.2, -0.15) is 0 Å². The molecule has 2 rings (SSSR count). The second kappa shape index (κ2) is 6.92. The van der Waals surface area contributed by atoms with E-state index in [9.17, 15) is 4.39 Å². The third-order valence-electron chi connectivity index (χ3n) is 3.44. The van der Waals surface area contributed by atoms with Crippen LogP contribution in [0.25, 0.3) is 0 Å². The van der Waals surface area contributed by atoms with Crippen molar-refractivity contribution in [2.75, 3.05) is 0 Å². The van der Waals surface area contributed by atoms with Gasteiger partial charge in [-0.3, -0.25) is 0 Å². The van der Waals surface area contributed by atoms with Crippen molar-refractivity contribution >= 4 is 11.6 Å². The van der Waals surface area contributed by atoms with Crippen LogP contribution in [0.1, 0.15) is 24.5 Å².